The van der Waals surface area contributed by atoms with Gasteiger partial charge in [0.1, 0.15) is 0 Å². The molecular weight excluding hydrogens is 274 g/mol. The second kappa shape index (κ2) is 8.76. The molecule has 4 heteroatoms. The van der Waals surface area contributed by atoms with Gasteiger partial charge < -0.3 is 10.2 Å². The predicted molar refractivity (Wildman–Crippen MR) is 89.7 cm³/mol. The van der Waals surface area contributed by atoms with Crippen LogP contribution in [-0.4, -0.2) is 36.1 Å². The van der Waals surface area contributed by atoms with Crippen LogP contribution in [0.15, 0.2) is 24.4 Å². The molecule has 1 fully saturated rings. The third-order valence-corrected chi connectivity index (χ3v) is 4.86. The topological polar surface area (TPSA) is 45.2 Å². The summed E-state index contributed by atoms with van der Waals surface area (Å²) in [6, 6.07) is 5.92. The van der Waals surface area contributed by atoms with Gasteiger partial charge in [-0.1, -0.05) is 32.3 Å². The maximum absolute atomic E-state index is 12.1. The Morgan fingerprint density at radius 3 is 2.64 bits per heavy atom. The lowest BCUT2D eigenvalue weighted by atomic mass is 9.81. The predicted octanol–water partition coefficient (Wildman–Crippen LogP) is 3.48. The van der Waals surface area contributed by atoms with Crippen molar-refractivity contribution in [2.45, 2.75) is 45.4 Å². The van der Waals surface area contributed by atoms with Crippen molar-refractivity contribution in [3.05, 3.63) is 30.1 Å². The summed E-state index contributed by atoms with van der Waals surface area (Å²) in [4.78, 5) is 18.2. The average molecular weight is 303 g/mol. The molecule has 0 aliphatic heterocycles. The molecule has 0 spiro atoms. The number of nitrogens with one attached hydrogen (secondary N) is 1. The maximum atomic E-state index is 12.1. The van der Waals surface area contributed by atoms with Crippen molar-refractivity contribution in [2.75, 3.05) is 20.1 Å². The molecule has 0 unspecified atom stereocenters. The summed E-state index contributed by atoms with van der Waals surface area (Å²) in [6.45, 7) is 3.80. The van der Waals surface area contributed by atoms with Crippen LogP contribution >= 0.6 is 0 Å². The first kappa shape index (κ1) is 16.8. The molecule has 1 N–H and O–H groups in total. The lowest BCUT2D eigenvalue weighted by Gasteiger charge is -2.28. The second-order valence-corrected chi connectivity index (χ2v) is 6.47. The first-order valence-corrected chi connectivity index (χ1v) is 8.58. The minimum Gasteiger partial charge on any atom is -0.338 e. The Hall–Kier alpha value is -1.58. The minimum atomic E-state index is 0.0357. The summed E-state index contributed by atoms with van der Waals surface area (Å²) < 4.78 is 0. The zero-order valence-electron chi connectivity index (χ0n) is 13.9. The molecule has 4 nitrogen and oxygen atoms in total. The molecule has 122 valence electrons. The van der Waals surface area contributed by atoms with E-state index in [1.165, 1.54) is 32.1 Å². The van der Waals surface area contributed by atoms with Crippen molar-refractivity contribution in [2.24, 2.45) is 11.8 Å². The molecule has 0 radical (unpaired) electrons. The maximum Gasteiger partial charge on any atom is 0.317 e. The molecular formula is C18H29N3O. The highest BCUT2D eigenvalue weighted by Crippen LogP contribution is 2.30. The van der Waals surface area contributed by atoms with Crippen LogP contribution in [0.3, 0.4) is 0 Å². The van der Waals surface area contributed by atoms with Crippen molar-refractivity contribution in [1.29, 1.82) is 0 Å². The van der Waals surface area contributed by atoms with Gasteiger partial charge in [0, 0.05) is 38.4 Å². The van der Waals surface area contributed by atoms with Crippen LogP contribution in [-0.2, 0) is 6.42 Å². The van der Waals surface area contributed by atoms with Gasteiger partial charge >= 0.3 is 6.03 Å². The van der Waals surface area contributed by atoms with Gasteiger partial charge in [0.15, 0.2) is 0 Å². The van der Waals surface area contributed by atoms with E-state index in [9.17, 15) is 4.79 Å². The highest BCUT2D eigenvalue weighted by atomic mass is 16.2. The summed E-state index contributed by atoms with van der Waals surface area (Å²) in [6.07, 6.45) is 9.07. The Labute approximate surface area is 134 Å². The number of nitrogens with zero attached hydrogens (tertiary/aromatic N) is 2. The number of hydrogen-bond donors (Lipinski definition) is 1. The molecule has 1 heterocycles. The van der Waals surface area contributed by atoms with Crippen LogP contribution in [0.25, 0.3) is 0 Å². The number of pyridine rings is 1. The first-order valence-electron chi connectivity index (χ1n) is 8.58. The first-order chi connectivity index (χ1) is 10.7. The molecule has 0 atom stereocenters. The summed E-state index contributed by atoms with van der Waals surface area (Å²) >= 11 is 0. The Kier molecular flexibility index (Phi) is 6.69. The van der Waals surface area contributed by atoms with Gasteiger partial charge in [-0.05, 0) is 36.8 Å². The van der Waals surface area contributed by atoms with Crippen molar-refractivity contribution in [3.8, 4) is 0 Å². The van der Waals surface area contributed by atoms with E-state index < -0.39 is 0 Å². The monoisotopic (exact) mass is 303 g/mol. The molecule has 22 heavy (non-hydrogen) atoms. The lowest BCUT2D eigenvalue weighted by molar-refractivity contribution is 0.202. The Morgan fingerprint density at radius 1 is 1.27 bits per heavy atom. The van der Waals surface area contributed by atoms with E-state index in [0.717, 1.165) is 24.6 Å². The highest BCUT2D eigenvalue weighted by molar-refractivity contribution is 5.73. The molecule has 1 aromatic heterocycles. The average Bonchev–Trinajstić information content (AvgIpc) is 2.58. The summed E-state index contributed by atoms with van der Waals surface area (Å²) in [7, 11) is 1.85. The number of likely N-dealkylation sites (N-methyl/N-ethyl adjacent to an activating group) is 1. The van der Waals surface area contributed by atoms with Crippen LogP contribution in [0.5, 0.6) is 0 Å². The van der Waals surface area contributed by atoms with E-state index in [-0.39, 0.29) is 6.03 Å². The van der Waals surface area contributed by atoms with E-state index in [4.69, 9.17) is 0 Å². The fourth-order valence-electron chi connectivity index (χ4n) is 3.14. The fourth-order valence-corrected chi connectivity index (χ4v) is 3.14. The van der Waals surface area contributed by atoms with Gasteiger partial charge in [0.05, 0.1) is 0 Å². The highest BCUT2D eigenvalue weighted by Gasteiger charge is 2.20. The molecule has 1 aliphatic rings. The van der Waals surface area contributed by atoms with E-state index in [1.54, 1.807) is 11.1 Å². The van der Waals surface area contributed by atoms with E-state index in [1.807, 2.05) is 25.2 Å². The Morgan fingerprint density at radius 2 is 2.00 bits per heavy atom. The number of aromatic nitrogens is 1. The number of hydrogen-bond acceptors (Lipinski definition) is 2. The molecule has 2 rings (SSSR count). The molecule has 1 saturated carbocycles. The molecule has 0 aromatic carbocycles. The van der Waals surface area contributed by atoms with Gasteiger partial charge in [-0.25, -0.2) is 4.79 Å². The SMILES string of the molecule is CCC1CCC(CNC(=O)N(C)CCc2ccccn2)CC1. The molecule has 0 saturated heterocycles. The van der Waals surface area contributed by atoms with Gasteiger partial charge in [-0.15, -0.1) is 0 Å². The zero-order valence-corrected chi connectivity index (χ0v) is 13.9. The molecule has 0 bridgehead atoms. The van der Waals surface area contributed by atoms with Crippen LogP contribution < -0.4 is 5.32 Å². The minimum absolute atomic E-state index is 0.0357. The van der Waals surface area contributed by atoms with Crippen LogP contribution in [0.1, 0.15) is 44.7 Å². The molecule has 1 aliphatic carbocycles. The van der Waals surface area contributed by atoms with Crippen molar-refractivity contribution in [1.82, 2.24) is 15.2 Å². The van der Waals surface area contributed by atoms with Crippen molar-refractivity contribution in [3.63, 3.8) is 0 Å². The van der Waals surface area contributed by atoms with Gasteiger partial charge in [-0.2, -0.15) is 0 Å². The number of urea groups is 1. The molecule has 2 amide bonds. The number of carbonyl (C=O) groups excluding carboxylic acids is 1. The smallest absolute Gasteiger partial charge is 0.317 e. The summed E-state index contributed by atoms with van der Waals surface area (Å²) in [5.41, 5.74) is 1.03. The molecule has 1 aromatic rings. The standard InChI is InChI=1S/C18H29N3O/c1-3-15-7-9-16(10-8-15)14-20-18(22)21(2)13-11-17-6-4-5-12-19-17/h4-6,12,15-16H,3,7-11,13-14H2,1-2H3,(H,20,22). The second-order valence-electron chi connectivity index (χ2n) is 6.47. The van der Waals surface area contributed by atoms with Gasteiger partial charge in [0.25, 0.3) is 0 Å². The van der Waals surface area contributed by atoms with Gasteiger partial charge in [-0.3, -0.25) is 4.98 Å². The summed E-state index contributed by atoms with van der Waals surface area (Å²) in [5, 5.41) is 3.09. The van der Waals surface area contributed by atoms with Gasteiger partial charge in [0.2, 0.25) is 0 Å². The van der Waals surface area contributed by atoms with Crippen molar-refractivity contribution >= 4 is 6.03 Å². The lowest BCUT2D eigenvalue weighted by Crippen LogP contribution is -2.41. The fraction of sp³-hybridized carbons (Fsp3) is 0.667. The van der Waals surface area contributed by atoms with E-state index in [2.05, 4.69) is 17.2 Å². The number of carbonyl (C=O) groups is 1. The number of amides is 2. The quantitative estimate of drug-likeness (QED) is 0.874. The number of rotatable bonds is 6. The van der Waals surface area contributed by atoms with Crippen molar-refractivity contribution < 1.29 is 4.79 Å². The Bertz CT molecular complexity index is 441. The van der Waals surface area contributed by atoms with E-state index in [0.29, 0.717) is 12.5 Å². The third kappa shape index (κ3) is 5.32. The largest absolute Gasteiger partial charge is 0.338 e. The zero-order chi connectivity index (χ0) is 15.8. The summed E-state index contributed by atoms with van der Waals surface area (Å²) in [5.74, 6) is 1.57. The van der Waals surface area contributed by atoms with Crippen LogP contribution in [0.2, 0.25) is 0 Å². The van der Waals surface area contributed by atoms with Crippen LogP contribution in [0.4, 0.5) is 4.79 Å². The Balaban J connectivity index is 1.64. The third-order valence-electron chi connectivity index (χ3n) is 4.86. The van der Waals surface area contributed by atoms with Crippen LogP contribution in [0, 0.1) is 11.8 Å². The van der Waals surface area contributed by atoms with E-state index >= 15 is 0 Å². The normalized spacial score (nSPS) is 21.4.